The van der Waals surface area contributed by atoms with Gasteiger partial charge in [-0.25, -0.2) is 4.79 Å². The van der Waals surface area contributed by atoms with Crippen molar-refractivity contribution in [3.8, 4) is 0 Å². The lowest BCUT2D eigenvalue weighted by Gasteiger charge is -2.13. The van der Waals surface area contributed by atoms with Crippen molar-refractivity contribution in [1.29, 1.82) is 0 Å². The first-order valence-corrected chi connectivity index (χ1v) is 7.48. The predicted molar refractivity (Wildman–Crippen MR) is 83.9 cm³/mol. The van der Waals surface area contributed by atoms with Gasteiger partial charge in [-0.05, 0) is 37.3 Å². The molecule has 1 fully saturated rings. The molecule has 0 unspecified atom stereocenters. The summed E-state index contributed by atoms with van der Waals surface area (Å²) in [6.07, 6.45) is 3.43. The molecule has 0 aliphatic heterocycles. The van der Waals surface area contributed by atoms with Crippen LogP contribution >= 0.6 is 11.6 Å². The number of nitrogens with two attached hydrogens (primary N) is 1. The highest BCUT2D eigenvalue weighted by Gasteiger charge is 2.21. The molecule has 3 N–H and O–H groups in total. The van der Waals surface area contributed by atoms with Gasteiger partial charge in [0.2, 0.25) is 0 Å². The molecule has 0 atom stereocenters. The summed E-state index contributed by atoms with van der Waals surface area (Å²) in [6.45, 7) is 2.22. The van der Waals surface area contributed by atoms with Gasteiger partial charge >= 0.3 is 5.97 Å². The van der Waals surface area contributed by atoms with Crippen molar-refractivity contribution < 1.29 is 14.3 Å². The zero-order valence-corrected chi connectivity index (χ0v) is 12.9. The van der Waals surface area contributed by atoms with Crippen LogP contribution in [0.3, 0.4) is 0 Å². The van der Waals surface area contributed by atoms with Crippen LogP contribution in [0, 0.1) is 5.92 Å². The van der Waals surface area contributed by atoms with E-state index in [1.165, 1.54) is 20.0 Å². The highest BCUT2D eigenvalue weighted by atomic mass is 35.5. The molecule has 5 nitrogen and oxygen atoms in total. The minimum Gasteiger partial charge on any atom is -0.465 e. The van der Waals surface area contributed by atoms with Gasteiger partial charge in [0.25, 0.3) is 0 Å². The number of hydrogen-bond donors (Lipinski definition) is 2. The number of nitrogen functional groups attached to an aromatic ring is 1. The van der Waals surface area contributed by atoms with E-state index in [2.05, 4.69) is 5.32 Å². The molecular formula is C15H21ClN2O3. The molecule has 0 aromatic heterocycles. The second kappa shape index (κ2) is 7.52. The largest absolute Gasteiger partial charge is 0.465 e. The number of carbonyl (C=O) groups is 1. The third-order valence-corrected chi connectivity index (χ3v) is 3.63. The predicted octanol–water partition coefficient (Wildman–Crippen LogP) is 2.94. The third-order valence-electron chi connectivity index (χ3n) is 3.34. The van der Waals surface area contributed by atoms with E-state index in [4.69, 9.17) is 26.8 Å². The van der Waals surface area contributed by atoms with Crippen molar-refractivity contribution in [2.24, 2.45) is 5.92 Å². The monoisotopic (exact) mass is 312 g/mol. The van der Waals surface area contributed by atoms with E-state index >= 15 is 0 Å². The average molecular weight is 313 g/mol. The Kier molecular flexibility index (Phi) is 5.70. The SMILES string of the molecule is COC(=O)c1cc(N)cc(Cl)c1NCCCOCC1CC1. The van der Waals surface area contributed by atoms with Gasteiger partial charge in [0, 0.05) is 25.4 Å². The molecule has 1 aliphatic rings. The Morgan fingerprint density at radius 2 is 2.24 bits per heavy atom. The number of ether oxygens (including phenoxy) is 2. The molecule has 0 amide bonds. The first-order valence-electron chi connectivity index (χ1n) is 7.10. The van der Waals surface area contributed by atoms with Crippen LogP contribution in [0.5, 0.6) is 0 Å². The van der Waals surface area contributed by atoms with Gasteiger partial charge in [-0.3, -0.25) is 0 Å². The van der Waals surface area contributed by atoms with E-state index in [0.29, 0.717) is 35.1 Å². The fourth-order valence-corrected chi connectivity index (χ4v) is 2.29. The number of nitrogens with one attached hydrogen (secondary N) is 1. The number of halogens is 1. The van der Waals surface area contributed by atoms with E-state index in [9.17, 15) is 4.79 Å². The quantitative estimate of drug-likeness (QED) is 0.438. The molecule has 0 bridgehead atoms. The first kappa shape index (κ1) is 15.9. The van der Waals surface area contributed by atoms with Crippen LogP contribution in [0.4, 0.5) is 11.4 Å². The van der Waals surface area contributed by atoms with E-state index in [1.54, 1.807) is 12.1 Å². The number of benzene rings is 1. The van der Waals surface area contributed by atoms with Crippen molar-refractivity contribution in [3.05, 3.63) is 22.7 Å². The maximum Gasteiger partial charge on any atom is 0.340 e. The topological polar surface area (TPSA) is 73.6 Å². The molecule has 1 aliphatic carbocycles. The number of methoxy groups -OCH3 is 1. The first-order chi connectivity index (χ1) is 10.1. The number of hydrogen-bond acceptors (Lipinski definition) is 5. The zero-order valence-electron chi connectivity index (χ0n) is 12.2. The third kappa shape index (κ3) is 4.79. The van der Waals surface area contributed by atoms with Crippen LogP contribution in [0.25, 0.3) is 0 Å². The standard InChI is InChI=1S/C15H21ClN2O3/c1-20-15(19)12-7-11(17)8-13(16)14(12)18-5-2-6-21-9-10-3-4-10/h7-8,10,18H,2-6,9,17H2,1H3. The highest BCUT2D eigenvalue weighted by molar-refractivity contribution is 6.34. The molecule has 0 radical (unpaired) electrons. The molecule has 0 saturated heterocycles. The summed E-state index contributed by atoms with van der Waals surface area (Å²) in [4.78, 5) is 11.8. The Bertz CT molecular complexity index is 504. The number of anilines is 2. The van der Waals surface area contributed by atoms with Crippen LogP contribution < -0.4 is 11.1 Å². The lowest BCUT2D eigenvalue weighted by Crippen LogP contribution is -2.12. The summed E-state index contributed by atoms with van der Waals surface area (Å²) in [5.74, 6) is 0.312. The summed E-state index contributed by atoms with van der Waals surface area (Å²) < 4.78 is 10.3. The van der Waals surface area contributed by atoms with Crippen LogP contribution in [-0.2, 0) is 9.47 Å². The molecule has 116 valence electrons. The summed E-state index contributed by atoms with van der Waals surface area (Å²) in [5.41, 5.74) is 7.04. The normalized spacial score (nSPS) is 14.0. The van der Waals surface area contributed by atoms with E-state index in [0.717, 1.165) is 18.9 Å². The van der Waals surface area contributed by atoms with Gasteiger partial charge in [-0.1, -0.05) is 11.6 Å². The van der Waals surface area contributed by atoms with Crippen molar-refractivity contribution in [2.45, 2.75) is 19.3 Å². The molecule has 1 aromatic carbocycles. The van der Waals surface area contributed by atoms with E-state index < -0.39 is 5.97 Å². The molecule has 2 rings (SSSR count). The Morgan fingerprint density at radius 3 is 2.90 bits per heavy atom. The van der Waals surface area contributed by atoms with Gasteiger partial charge in [-0.15, -0.1) is 0 Å². The van der Waals surface area contributed by atoms with Crippen LogP contribution in [-0.4, -0.2) is 32.8 Å². The summed E-state index contributed by atoms with van der Waals surface area (Å²) in [6, 6.07) is 3.17. The fraction of sp³-hybridized carbons (Fsp3) is 0.533. The second-order valence-electron chi connectivity index (χ2n) is 5.22. The number of carbonyl (C=O) groups excluding carboxylic acids is 1. The van der Waals surface area contributed by atoms with Crippen molar-refractivity contribution in [1.82, 2.24) is 0 Å². The van der Waals surface area contributed by atoms with Crippen LogP contribution in [0.15, 0.2) is 12.1 Å². The van der Waals surface area contributed by atoms with Crippen molar-refractivity contribution in [2.75, 3.05) is 37.9 Å². The summed E-state index contributed by atoms with van der Waals surface area (Å²) in [5, 5.41) is 3.57. The van der Waals surface area contributed by atoms with Crippen LogP contribution in [0.2, 0.25) is 5.02 Å². The molecule has 21 heavy (non-hydrogen) atoms. The second-order valence-corrected chi connectivity index (χ2v) is 5.62. The lowest BCUT2D eigenvalue weighted by molar-refractivity contribution is 0.0602. The smallest absolute Gasteiger partial charge is 0.340 e. The number of rotatable bonds is 8. The molecule has 0 heterocycles. The molecular weight excluding hydrogens is 292 g/mol. The Labute approximate surface area is 129 Å². The average Bonchev–Trinajstić information content (AvgIpc) is 3.27. The van der Waals surface area contributed by atoms with Gasteiger partial charge in [-0.2, -0.15) is 0 Å². The molecule has 0 spiro atoms. The Balaban J connectivity index is 1.86. The van der Waals surface area contributed by atoms with Crippen molar-refractivity contribution in [3.63, 3.8) is 0 Å². The lowest BCUT2D eigenvalue weighted by atomic mass is 10.1. The summed E-state index contributed by atoms with van der Waals surface area (Å²) >= 11 is 6.14. The minimum atomic E-state index is -0.461. The van der Waals surface area contributed by atoms with Crippen LogP contribution in [0.1, 0.15) is 29.6 Å². The Hall–Kier alpha value is -1.46. The fourth-order valence-electron chi connectivity index (χ4n) is 2.00. The van der Waals surface area contributed by atoms with Gasteiger partial charge < -0.3 is 20.5 Å². The van der Waals surface area contributed by atoms with E-state index in [-0.39, 0.29) is 0 Å². The van der Waals surface area contributed by atoms with Crippen molar-refractivity contribution >= 4 is 28.9 Å². The summed E-state index contributed by atoms with van der Waals surface area (Å²) in [7, 11) is 1.33. The van der Waals surface area contributed by atoms with E-state index in [1.807, 2.05) is 0 Å². The Morgan fingerprint density at radius 1 is 1.48 bits per heavy atom. The number of esters is 1. The van der Waals surface area contributed by atoms with Gasteiger partial charge in [0.05, 0.1) is 23.4 Å². The highest BCUT2D eigenvalue weighted by Crippen LogP contribution is 2.30. The van der Waals surface area contributed by atoms with Gasteiger partial charge in [0.1, 0.15) is 0 Å². The maximum atomic E-state index is 11.8. The molecule has 1 aromatic rings. The maximum absolute atomic E-state index is 11.8. The molecule has 6 heteroatoms. The minimum absolute atomic E-state index is 0.349. The van der Waals surface area contributed by atoms with Gasteiger partial charge in [0.15, 0.2) is 0 Å². The molecule has 1 saturated carbocycles. The zero-order chi connectivity index (χ0) is 15.2.